The molecule has 0 fully saturated rings. The summed E-state index contributed by atoms with van der Waals surface area (Å²) in [5.74, 6) is -2.02. The van der Waals surface area contributed by atoms with Crippen molar-refractivity contribution in [1.29, 1.82) is 0 Å². The summed E-state index contributed by atoms with van der Waals surface area (Å²) in [4.78, 5) is 24.3. The van der Waals surface area contributed by atoms with E-state index in [1.54, 1.807) is 0 Å². The fourth-order valence-corrected chi connectivity index (χ4v) is 2.74. The number of alkyl halides is 1. The first-order valence-electron chi connectivity index (χ1n) is 11.5. The van der Waals surface area contributed by atoms with Crippen LogP contribution >= 0.6 is 0 Å². The van der Waals surface area contributed by atoms with Gasteiger partial charge >= 0.3 is 7.56 Å². The van der Waals surface area contributed by atoms with E-state index in [1.807, 2.05) is 34.6 Å². The van der Waals surface area contributed by atoms with E-state index in [1.165, 1.54) is 6.92 Å². The molecule has 0 heterocycles. The Labute approximate surface area is 194 Å². The van der Waals surface area contributed by atoms with E-state index in [4.69, 9.17) is 9.47 Å². The van der Waals surface area contributed by atoms with Gasteiger partial charge in [-0.3, -0.25) is 14.0 Å². The van der Waals surface area contributed by atoms with Crippen LogP contribution in [0.3, 0.4) is 0 Å². The van der Waals surface area contributed by atoms with E-state index in [0.717, 1.165) is 0 Å². The van der Waals surface area contributed by atoms with Gasteiger partial charge in [0.15, 0.2) is 0 Å². The molecule has 3 unspecified atom stereocenters. The lowest BCUT2D eigenvalue weighted by Gasteiger charge is -2.28. The van der Waals surface area contributed by atoms with Crippen LogP contribution in [0.5, 0.6) is 0 Å². The lowest BCUT2D eigenvalue weighted by molar-refractivity contribution is -0.124. The van der Waals surface area contributed by atoms with Crippen molar-refractivity contribution in [1.82, 2.24) is 10.6 Å². The van der Waals surface area contributed by atoms with Crippen molar-refractivity contribution < 1.29 is 27.8 Å². The van der Waals surface area contributed by atoms with Gasteiger partial charge in [-0.15, -0.1) is 0 Å². The third-order valence-electron chi connectivity index (χ3n) is 5.53. The molecule has 0 aliphatic carbocycles. The fourth-order valence-electron chi connectivity index (χ4n) is 2.74. The van der Waals surface area contributed by atoms with Crippen molar-refractivity contribution in [3.05, 3.63) is 0 Å². The number of ether oxygens (including phenoxy) is 2. The van der Waals surface area contributed by atoms with Gasteiger partial charge in [0.2, 0.25) is 11.8 Å². The molecule has 2 amide bonds. The van der Waals surface area contributed by atoms with Gasteiger partial charge in [0.05, 0.1) is 31.8 Å². The molecule has 0 aliphatic heterocycles. The molecule has 2 N–H and O–H groups in total. The Bertz CT molecular complexity index is 562. The first kappa shape index (κ1) is 30.8. The summed E-state index contributed by atoms with van der Waals surface area (Å²) in [5, 5.41) is 5.66. The highest BCUT2D eigenvalue weighted by Gasteiger charge is 2.29. The molecule has 6 nitrogen and oxygen atoms in total. The van der Waals surface area contributed by atoms with Gasteiger partial charge < -0.3 is 24.4 Å². The van der Waals surface area contributed by atoms with Crippen molar-refractivity contribution >= 4 is 19.4 Å². The van der Waals surface area contributed by atoms with Crippen LogP contribution in [0.4, 0.5) is 8.71 Å². The quantitative estimate of drug-likeness (QED) is 0.255. The second kappa shape index (κ2) is 14.8. The summed E-state index contributed by atoms with van der Waals surface area (Å²) in [6, 6.07) is 0. The molecule has 0 rings (SSSR count). The van der Waals surface area contributed by atoms with Crippen molar-refractivity contribution in [3.63, 3.8) is 0 Å². The zero-order chi connectivity index (χ0) is 24.9. The number of halogens is 2. The zero-order valence-corrected chi connectivity index (χ0v) is 21.2. The normalized spacial score (nSPS) is 15.2. The zero-order valence-electron chi connectivity index (χ0n) is 21.2. The molecule has 9 heteroatoms. The fraction of sp³-hybridized carbons (Fsp3) is 0.913. The molecule has 0 bridgehead atoms. The molecule has 32 heavy (non-hydrogen) atoms. The lowest BCUT2D eigenvalue weighted by Crippen LogP contribution is -2.45. The Morgan fingerprint density at radius 2 is 1.69 bits per heavy atom. The highest BCUT2D eigenvalue weighted by Crippen LogP contribution is 2.20. The highest BCUT2D eigenvalue weighted by molar-refractivity contribution is 6.36. The summed E-state index contributed by atoms with van der Waals surface area (Å²) in [6.45, 7) is 16.1. The smallest absolute Gasteiger partial charge is 0.368 e. The third kappa shape index (κ3) is 13.4. The summed E-state index contributed by atoms with van der Waals surface area (Å²) >= 11 is 0. The summed E-state index contributed by atoms with van der Waals surface area (Å²) < 4.78 is 37.1. The van der Waals surface area contributed by atoms with E-state index in [-0.39, 0.29) is 44.7 Å². The van der Waals surface area contributed by atoms with Gasteiger partial charge in [-0.05, 0) is 39.0 Å². The SMILES string of the molecule is CC(C)C(C)OCCC(C)(C)NC(=O)CCOCC(C)(C)CNC(=O)C([B]F)C(C)CF. The van der Waals surface area contributed by atoms with Crippen LogP contribution in [-0.2, 0) is 19.1 Å². The van der Waals surface area contributed by atoms with Crippen LogP contribution in [0.1, 0.15) is 68.2 Å². The van der Waals surface area contributed by atoms with Crippen molar-refractivity contribution in [3.8, 4) is 0 Å². The van der Waals surface area contributed by atoms with E-state index >= 15 is 0 Å². The molecule has 0 aromatic heterocycles. The van der Waals surface area contributed by atoms with Crippen molar-refractivity contribution in [2.75, 3.05) is 33.0 Å². The Kier molecular flexibility index (Phi) is 14.3. The monoisotopic (exact) mass is 461 g/mol. The number of rotatable bonds is 17. The lowest BCUT2D eigenvalue weighted by atomic mass is 9.73. The second-order valence-corrected chi connectivity index (χ2v) is 10.5. The van der Waals surface area contributed by atoms with Gasteiger partial charge in [-0.2, -0.15) is 0 Å². The molecule has 187 valence electrons. The van der Waals surface area contributed by atoms with E-state index in [9.17, 15) is 18.3 Å². The Morgan fingerprint density at radius 1 is 1.06 bits per heavy atom. The molecule has 0 spiro atoms. The number of hydrogen-bond acceptors (Lipinski definition) is 4. The second-order valence-electron chi connectivity index (χ2n) is 10.5. The number of carbonyl (C=O) groups is 2. The van der Waals surface area contributed by atoms with Crippen LogP contribution in [0.2, 0.25) is 5.82 Å². The molecule has 0 aliphatic rings. The Morgan fingerprint density at radius 3 is 2.22 bits per heavy atom. The molecular formula is C23H44BF2N2O4. The van der Waals surface area contributed by atoms with Gasteiger partial charge in [0.1, 0.15) is 0 Å². The molecule has 0 aromatic carbocycles. The highest BCUT2D eigenvalue weighted by atomic mass is 19.1. The number of amides is 2. The molecule has 3 atom stereocenters. The van der Waals surface area contributed by atoms with E-state index in [2.05, 4.69) is 24.5 Å². The minimum absolute atomic E-state index is 0.0976. The predicted molar refractivity (Wildman–Crippen MR) is 125 cm³/mol. The summed E-state index contributed by atoms with van der Waals surface area (Å²) in [6.07, 6.45) is 1.11. The number of hydrogen-bond donors (Lipinski definition) is 2. The largest absolute Gasteiger partial charge is 0.380 e. The molecule has 0 saturated heterocycles. The van der Waals surface area contributed by atoms with Crippen LogP contribution in [0.25, 0.3) is 0 Å². The third-order valence-corrected chi connectivity index (χ3v) is 5.53. The van der Waals surface area contributed by atoms with Gasteiger partial charge in [-0.25, -0.2) is 0 Å². The number of nitrogens with one attached hydrogen (secondary N) is 2. The Balaban J connectivity index is 4.22. The van der Waals surface area contributed by atoms with Gasteiger partial charge in [-0.1, -0.05) is 34.6 Å². The maximum Gasteiger partial charge on any atom is 0.368 e. The minimum atomic E-state index is -1.11. The minimum Gasteiger partial charge on any atom is -0.380 e. The van der Waals surface area contributed by atoms with E-state index < -0.39 is 29.7 Å². The molecular weight excluding hydrogens is 417 g/mol. The average molecular weight is 461 g/mol. The molecule has 0 aromatic rings. The first-order valence-corrected chi connectivity index (χ1v) is 11.5. The first-order chi connectivity index (χ1) is 14.7. The van der Waals surface area contributed by atoms with Crippen LogP contribution in [0.15, 0.2) is 0 Å². The standard InChI is InChI=1S/C23H44BF2N2O4/c1-16(2)18(4)32-12-10-23(7,8)28-19(29)9-11-31-15-22(5,6)14-27-21(30)20(24-26)17(3)13-25/h16-18,20H,9-15H2,1-8H3,(H,27,30)(H,28,29). The topological polar surface area (TPSA) is 76.7 Å². The predicted octanol–water partition coefficient (Wildman–Crippen LogP) is 3.86. The Hall–Kier alpha value is -1.22. The maximum absolute atomic E-state index is 12.9. The summed E-state index contributed by atoms with van der Waals surface area (Å²) in [5.41, 5.74) is -0.798. The van der Waals surface area contributed by atoms with Gasteiger partial charge in [0.25, 0.3) is 0 Å². The van der Waals surface area contributed by atoms with Gasteiger partial charge in [0, 0.05) is 30.5 Å². The maximum atomic E-state index is 12.9. The molecule has 0 saturated carbocycles. The van der Waals surface area contributed by atoms with Crippen LogP contribution < -0.4 is 10.6 Å². The number of carbonyl (C=O) groups excluding carboxylic acids is 2. The van der Waals surface area contributed by atoms with Crippen LogP contribution in [-0.4, -0.2) is 64.1 Å². The van der Waals surface area contributed by atoms with E-state index in [0.29, 0.717) is 25.6 Å². The summed E-state index contributed by atoms with van der Waals surface area (Å²) in [7, 11) is 0.236. The van der Waals surface area contributed by atoms with Crippen molar-refractivity contribution in [2.45, 2.75) is 85.7 Å². The van der Waals surface area contributed by atoms with Crippen LogP contribution in [0, 0.1) is 17.3 Å². The average Bonchev–Trinajstić information content (AvgIpc) is 2.69. The molecule has 1 radical (unpaired) electrons. The van der Waals surface area contributed by atoms with Crippen molar-refractivity contribution in [2.24, 2.45) is 17.3 Å².